The molecular weight excluding hydrogens is 194 g/mol. The van der Waals surface area contributed by atoms with Gasteiger partial charge in [-0.3, -0.25) is 0 Å². The van der Waals surface area contributed by atoms with E-state index in [2.05, 4.69) is 27.2 Å². The maximum atomic E-state index is 5.46. The van der Waals surface area contributed by atoms with Crippen molar-refractivity contribution in [2.45, 2.75) is 26.1 Å². The minimum atomic E-state index is -0.233. The minimum absolute atomic E-state index is 0.0662. The zero-order valence-electron chi connectivity index (χ0n) is 8.84. The predicted octanol–water partition coefficient (Wildman–Crippen LogP) is -0.202. The lowest BCUT2D eigenvalue weighted by atomic mass is 10.2. The first-order valence-electron chi connectivity index (χ1n) is 4.93. The molecule has 2 rings (SSSR count). The second kappa shape index (κ2) is 3.90. The Morgan fingerprint density at radius 3 is 3.13 bits per heavy atom. The summed E-state index contributed by atoms with van der Waals surface area (Å²) in [5.41, 5.74) is 2.56. The lowest BCUT2D eigenvalue weighted by molar-refractivity contribution is 0.0776. The summed E-state index contributed by atoms with van der Waals surface area (Å²) in [5.74, 6) is 6.73. The largest absolute Gasteiger partial charge is 0.484 e. The number of fused-ring (bicyclic) bond motifs is 1. The molecule has 6 heteroatoms. The number of hydrogen-bond donors (Lipinski definition) is 2. The Kier molecular flexibility index (Phi) is 2.59. The number of rotatable bonds is 1. The Morgan fingerprint density at radius 2 is 2.47 bits per heavy atom. The van der Waals surface area contributed by atoms with Gasteiger partial charge in [-0.05, 0) is 13.8 Å². The summed E-state index contributed by atoms with van der Waals surface area (Å²) in [6, 6.07) is 0. The van der Waals surface area contributed by atoms with Gasteiger partial charge in [0.25, 0.3) is 0 Å². The Morgan fingerprint density at radius 1 is 1.67 bits per heavy atom. The van der Waals surface area contributed by atoms with Crippen molar-refractivity contribution in [3.63, 3.8) is 0 Å². The van der Waals surface area contributed by atoms with Gasteiger partial charge in [0, 0.05) is 12.7 Å². The van der Waals surface area contributed by atoms with Crippen molar-refractivity contribution in [3.8, 4) is 0 Å². The number of nitrogens with zero attached hydrogens (tertiary/aromatic N) is 3. The fourth-order valence-corrected chi connectivity index (χ4v) is 1.74. The summed E-state index contributed by atoms with van der Waals surface area (Å²) in [4.78, 5) is 10.7. The predicted molar refractivity (Wildman–Crippen MR) is 58.0 cm³/mol. The Labute approximate surface area is 88.5 Å². The molecule has 15 heavy (non-hydrogen) atoms. The fraction of sp³-hybridized carbons (Fsp3) is 0.556. The molecule has 2 unspecified atom stereocenters. The Bertz CT molecular complexity index is 335. The summed E-state index contributed by atoms with van der Waals surface area (Å²) in [7, 11) is 0. The van der Waals surface area contributed by atoms with Crippen molar-refractivity contribution in [2.24, 2.45) is 15.8 Å². The van der Waals surface area contributed by atoms with E-state index in [1.54, 1.807) is 6.26 Å². The van der Waals surface area contributed by atoms with Crippen LogP contribution in [0.5, 0.6) is 0 Å². The first-order chi connectivity index (χ1) is 7.26. The van der Waals surface area contributed by atoms with Crippen LogP contribution in [0.25, 0.3) is 0 Å². The molecule has 0 aromatic carbocycles. The van der Waals surface area contributed by atoms with E-state index in [0.29, 0.717) is 11.7 Å². The molecule has 0 fully saturated rings. The van der Waals surface area contributed by atoms with Crippen molar-refractivity contribution in [2.75, 3.05) is 6.54 Å². The number of hydrazine groups is 1. The summed E-state index contributed by atoms with van der Waals surface area (Å²) in [5, 5.41) is 0. The molecule has 0 radical (unpaired) electrons. The van der Waals surface area contributed by atoms with Crippen molar-refractivity contribution in [3.05, 3.63) is 12.5 Å². The number of nitrogens with two attached hydrogens (primary N) is 1. The quantitative estimate of drug-likeness (QED) is 0.463. The monoisotopic (exact) mass is 209 g/mol. The highest BCUT2D eigenvalue weighted by Gasteiger charge is 2.35. The van der Waals surface area contributed by atoms with Gasteiger partial charge in [0.1, 0.15) is 12.1 Å². The van der Waals surface area contributed by atoms with Crippen LogP contribution in [-0.2, 0) is 4.74 Å². The van der Waals surface area contributed by atoms with E-state index in [0.717, 1.165) is 6.54 Å². The van der Waals surface area contributed by atoms with Gasteiger partial charge < -0.3 is 15.1 Å². The van der Waals surface area contributed by atoms with E-state index in [-0.39, 0.29) is 12.3 Å². The first kappa shape index (κ1) is 9.97. The Balaban J connectivity index is 2.30. The molecule has 82 valence electrons. The average molecular weight is 209 g/mol. The van der Waals surface area contributed by atoms with Gasteiger partial charge in [-0.15, -0.1) is 0 Å². The standard InChI is InChI=1S/C9H15N5O/c1-3-14-4-5-15-7-8(13-10)11-6(2)12-9(7)14/h4-5,7,9H,3,10H2,1-2H3,(H,11,12,13). The zero-order chi connectivity index (χ0) is 10.8. The average Bonchev–Trinajstić information content (AvgIpc) is 2.27. The maximum absolute atomic E-state index is 5.46. The van der Waals surface area contributed by atoms with Gasteiger partial charge in [0.2, 0.25) is 0 Å². The Hall–Kier alpha value is -1.56. The zero-order valence-corrected chi connectivity index (χ0v) is 8.84. The fourth-order valence-electron chi connectivity index (χ4n) is 1.74. The van der Waals surface area contributed by atoms with Crippen molar-refractivity contribution in [1.29, 1.82) is 0 Å². The van der Waals surface area contributed by atoms with Gasteiger partial charge in [-0.1, -0.05) is 0 Å². The highest BCUT2D eigenvalue weighted by Crippen LogP contribution is 2.20. The summed E-state index contributed by atoms with van der Waals surface area (Å²) >= 11 is 0. The minimum Gasteiger partial charge on any atom is -0.484 e. The van der Waals surface area contributed by atoms with Gasteiger partial charge in [-0.25, -0.2) is 15.8 Å². The van der Waals surface area contributed by atoms with Crippen molar-refractivity contribution in [1.82, 2.24) is 10.3 Å². The van der Waals surface area contributed by atoms with Crippen LogP contribution >= 0.6 is 0 Å². The summed E-state index contributed by atoms with van der Waals surface area (Å²) in [6.07, 6.45) is 3.23. The molecule has 0 amide bonds. The van der Waals surface area contributed by atoms with E-state index >= 15 is 0 Å². The molecule has 0 saturated carbocycles. The van der Waals surface area contributed by atoms with Gasteiger partial charge in [0.05, 0.1) is 0 Å². The van der Waals surface area contributed by atoms with Crippen LogP contribution in [0.1, 0.15) is 13.8 Å². The van der Waals surface area contributed by atoms with E-state index in [9.17, 15) is 0 Å². The summed E-state index contributed by atoms with van der Waals surface area (Å²) < 4.78 is 5.46. The molecular formula is C9H15N5O. The third kappa shape index (κ3) is 1.68. The number of likely N-dealkylation sites (N-methyl/N-ethyl adjacent to an activating group) is 1. The summed E-state index contributed by atoms with van der Waals surface area (Å²) in [6.45, 7) is 4.79. The van der Waals surface area contributed by atoms with Crippen LogP contribution in [0.2, 0.25) is 0 Å². The highest BCUT2D eigenvalue weighted by molar-refractivity contribution is 6.00. The SMILES string of the molecule is CCN1C=COC2C(NN)=NC(C)=NC21. The smallest absolute Gasteiger partial charge is 0.196 e. The normalized spacial score (nSPS) is 28.9. The van der Waals surface area contributed by atoms with Crippen LogP contribution in [0, 0.1) is 0 Å². The van der Waals surface area contributed by atoms with Crippen LogP contribution < -0.4 is 11.3 Å². The van der Waals surface area contributed by atoms with E-state index < -0.39 is 0 Å². The second-order valence-electron chi connectivity index (χ2n) is 3.40. The second-order valence-corrected chi connectivity index (χ2v) is 3.40. The number of ether oxygens (including phenoxy) is 1. The van der Waals surface area contributed by atoms with E-state index in [1.165, 1.54) is 0 Å². The molecule has 2 heterocycles. The molecule has 0 aromatic heterocycles. The lowest BCUT2D eigenvalue weighted by Gasteiger charge is -2.37. The third-order valence-electron chi connectivity index (χ3n) is 2.47. The molecule has 0 aromatic rings. The highest BCUT2D eigenvalue weighted by atomic mass is 16.5. The van der Waals surface area contributed by atoms with Crippen LogP contribution in [0.15, 0.2) is 22.4 Å². The molecule has 6 nitrogen and oxygen atoms in total. The van der Waals surface area contributed by atoms with Crippen molar-refractivity contribution < 1.29 is 4.74 Å². The molecule has 0 saturated heterocycles. The molecule has 0 bridgehead atoms. The van der Waals surface area contributed by atoms with Gasteiger partial charge in [0.15, 0.2) is 18.1 Å². The van der Waals surface area contributed by atoms with Crippen LogP contribution in [0.4, 0.5) is 0 Å². The maximum Gasteiger partial charge on any atom is 0.196 e. The third-order valence-corrected chi connectivity index (χ3v) is 2.47. The lowest BCUT2D eigenvalue weighted by Crippen LogP contribution is -2.54. The number of amidine groups is 2. The molecule has 2 aliphatic heterocycles. The van der Waals surface area contributed by atoms with E-state index in [1.807, 2.05) is 13.1 Å². The first-order valence-corrected chi connectivity index (χ1v) is 4.93. The van der Waals surface area contributed by atoms with Crippen LogP contribution in [0.3, 0.4) is 0 Å². The number of aliphatic imine (C=N–C) groups is 2. The molecule has 2 aliphatic rings. The van der Waals surface area contributed by atoms with Crippen molar-refractivity contribution >= 4 is 11.7 Å². The molecule has 3 N–H and O–H groups in total. The van der Waals surface area contributed by atoms with Gasteiger partial charge in [-0.2, -0.15) is 0 Å². The molecule has 0 spiro atoms. The molecule has 0 aliphatic carbocycles. The van der Waals surface area contributed by atoms with Gasteiger partial charge >= 0.3 is 0 Å². The number of hydrogen-bond acceptors (Lipinski definition) is 6. The number of nitrogens with one attached hydrogen (secondary N) is 1. The molecule has 2 atom stereocenters. The van der Waals surface area contributed by atoms with E-state index in [4.69, 9.17) is 10.6 Å². The van der Waals surface area contributed by atoms with Crippen LogP contribution in [-0.4, -0.2) is 35.4 Å². The topological polar surface area (TPSA) is 75.2 Å².